The van der Waals surface area contributed by atoms with E-state index >= 15 is 0 Å². The third-order valence-corrected chi connectivity index (χ3v) is 8.31. The SMILES string of the molecule is CC1CN(C(=O)[C@@H]2CN(C(C)(C)C)C[C@H]2c2ccc(F)cc2F)C[C@@H](C)C1(O)c1ccc(Cl)cc1. The summed E-state index contributed by atoms with van der Waals surface area (Å²) in [5.41, 5.74) is -0.106. The van der Waals surface area contributed by atoms with E-state index in [9.17, 15) is 18.7 Å². The summed E-state index contributed by atoms with van der Waals surface area (Å²) in [6.07, 6.45) is 0. The molecule has 7 heteroatoms. The van der Waals surface area contributed by atoms with Crippen LogP contribution < -0.4 is 0 Å². The van der Waals surface area contributed by atoms with Gasteiger partial charge in [-0.2, -0.15) is 0 Å². The number of benzene rings is 2. The van der Waals surface area contributed by atoms with Crippen molar-refractivity contribution < 1.29 is 18.7 Å². The number of hydrogen-bond acceptors (Lipinski definition) is 3. The third kappa shape index (κ3) is 4.85. The molecule has 1 N–H and O–H groups in total. The number of carbonyl (C=O) groups is 1. The van der Waals surface area contributed by atoms with Crippen LogP contribution in [-0.2, 0) is 10.4 Å². The van der Waals surface area contributed by atoms with Crippen LogP contribution in [0.5, 0.6) is 0 Å². The number of nitrogens with zero attached hydrogens (tertiary/aromatic N) is 2. The minimum absolute atomic E-state index is 0.0395. The van der Waals surface area contributed by atoms with Crippen LogP contribution in [0.1, 0.15) is 51.7 Å². The van der Waals surface area contributed by atoms with Crippen molar-refractivity contribution in [3.05, 3.63) is 70.2 Å². The molecule has 2 unspecified atom stereocenters. The number of piperidine rings is 1. The van der Waals surface area contributed by atoms with Crippen molar-refractivity contribution in [3.63, 3.8) is 0 Å². The first-order valence-corrected chi connectivity index (χ1v) is 12.7. The quantitative estimate of drug-likeness (QED) is 0.605. The summed E-state index contributed by atoms with van der Waals surface area (Å²) in [5, 5.41) is 12.3. The highest BCUT2D eigenvalue weighted by Gasteiger charge is 2.50. The Balaban J connectivity index is 1.61. The van der Waals surface area contributed by atoms with E-state index in [1.807, 2.05) is 30.9 Å². The molecule has 2 aromatic carbocycles. The molecule has 4 rings (SSSR count). The van der Waals surface area contributed by atoms with Crippen LogP contribution in [-0.4, -0.2) is 52.5 Å². The molecule has 0 spiro atoms. The van der Waals surface area contributed by atoms with Gasteiger partial charge in [-0.25, -0.2) is 8.78 Å². The molecular formula is C28H35ClF2N2O2. The topological polar surface area (TPSA) is 43.8 Å². The maximum atomic E-state index is 14.8. The molecule has 1 amide bonds. The molecule has 2 fully saturated rings. The van der Waals surface area contributed by atoms with Crippen LogP contribution in [0.2, 0.25) is 5.02 Å². The van der Waals surface area contributed by atoms with E-state index in [2.05, 4.69) is 25.7 Å². The Morgan fingerprint density at radius 2 is 1.60 bits per heavy atom. The summed E-state index contributed by atoms with van der Waals surface area (Å²) in [7, 11) is 0. The van der Waals surface area contributed by atoms with Crippen molar-refractivity contribution in [3.8, 4) is 0 Å². The van der Waals surface area contributed by atoms with E-state index in [4.69, 9.17) is 11.6 Å². The maximum Gasteiger partial charge on any atom is 0.227 e. The van der Waals surface area contributed by atoms with E-state index in [0.717, 1.165) is 11.6 Å². The fourth-order valence-corrected chi connectivity index (χ4v) is 6.05. The lowest BCUT2D eigenvalue weighted by Gasteiger charge is -2.48. The van der Waals surface area contributed by atoms with Crippen molar-refractivity contribution >= 4 is 17.5 Å². The number of hydrogen-bond donors (Lipinski definition) is 1. The molecule has 2 aliphatic rings. The van der Waals surface area contributed by atoms with Crippen LogP contribution in [0, 0.1) is 29.4 Å². The lowest BCUT2D eigenvalue weighted by molar-refractivity contribution is -0.152. The summed E-state index contributed by atoms with van der Waals surface area (Å²) >= 11 is 6.05. The molecule has 2 saturated heterocycles. The lowest BCUT2D eigenvalue weighted by atomic mass is 9.70. The summed E-state index contributed by atoms with van der Waals surface area (Å²) < 4.78 is 28.4. The Labute approximate surface area is 211 Å². The zero-order chi connectivity index (χ0) is 25.7. The average molecular weight is 505 g/mol. The zero-order valence-electron chi connectivity index (χ0n) is 21.1. The normalized spacial score (nSPS) is 30.0. The number of aliphatic hydroxyl groups is 1. The van der Waals surface area contributed by atoms with E-state index < -0.39 is 23.2 Å². The molecule has 0 aliphatic carbocycles. The van der Waals surface area contributed by atoms with Gasteiger partial charge < -0.3 is 10.0 Å². The smallest absolute Gasteiger partial charge is 0.227 e. The highest BCUT2D eigenvalue weighted by Crippen LogP contribution is 2.44. The second kappa shape index (κ2) is 9.45. The fourth-order valence-electron chi connectivity index (χ4n) is 5.92. The predicted molar refractivity (Wildman–Crippen MR) is 134 cm³/mol. The summed E-state index contributed by atoms with van der Waals surface area (Å²) in [6, 6.07) is 10.9. The van der Waals surface area contributed by atoms with Crippen molar-refractivity contribution in [1.82, 2.24) is 9.80 Å². The minimum atomic E-state index is -1.09. The molecule has 190 valence electrons. The van der Waals surface area contributed by atoms with E-state index in [-0.39, 0.29) is 29.2 Å². The molecule has 4 nitrogen and oxygen atoms in total. The van der Waals surface area contributed by atoms with Gasteiger partial charge >= 0.3 is 0 Å². The molecule has 0 saturated carbocycles. The van der Waals surface area contributed by atoms with Gasteiger partial charge in [-0.15, -0.1) is 0 Å². The van der Waals surface area contributed by atoms with E-state index in [1.54, 1.807) is 12.1 Å². The average Bonchev–Trinajstić information content (AvgIpc) is 3.23. The maximum absolute atomic E-state index is 14.8. The van der Waals surface area contributed by atoms with Gasteiger partial charge in [0.2, 0.25) is 5.91 Å². The molecule has 2 aromatic rings. The summed E-state index contributed by atoms with van der Waals surface area (Å²) in [4.78, 5) is 17.9. The number of halogens is 3. The van der Waals surface area contributed by atoms with Gasteiger partial charge in [0.1, 0.15) is 11.6 Å². The lowest BCUT2D eigenvalue weighted by Crippen LogP contribution is -2.57. The van der Waals surface area contributed by atoms with Gasteiger partial charge in [0.25, 0.3) is 0 Å². The van der Waals surface area contributed by atoms with Crippen molar-refractivity contribution in [1.29, 1.82) is 0 Å². The van der Waals surface area contributed by atoms with Gasteiger partial charge in [-0.3, -0.25) is 9.69 Å². The van der Waals surface area contributed by atoms with Gasteiger partial charge in [-0.1, -0.05) is 43.6 Å². The third-order valence-electron chi connectivity index (χ3n) is 8.06. The second-order valence-corrected chi connectivity index (χ2v) is 11.8. The Hall–Kier alpha value is -2.02. The van der Waals surface area contributed by atoms with Crippen molar-refractivity contribution in [2.45, 2.75) is 51.7 Å². The van der Waals surface area contributed by atoms with Crippen LogP contribution in [0.4, 0.5) is 8.78 Å². The van der Waals surface area contributed by atoms with Crippen molar-refractivity contribution in [2.24, 2.45) is 17.8 Å². The van der Waals surface area contributed by atoms with Gasteiger partial charge in [0.15, 0.2) is 0 Å². The Kier molecular flexibility index (Phi) is 7.04. The minimum Gasteiger partial charge on any atom is -0.384 e. The molecule has 2 heterocycles. The molecule has 0 aromatic heterocycles. The summed E-state index contributed by atoms with van der Waals surface area (Å²) in [5.74, 6) is -2.52. The van der Waals surface area contributed by atoms with Crippen LogP contribution in [0.15, 0.2) is 42.5 Å². The van der Waals surface area contributed by atoms with Crippen molar-refractivity contribution in [2.75, 3.05) is 26.2 Å². The molecule has 0 radical (unpaired) electrons. The Morgan fingerprint density at radius 1 is 1.00 bits per heavy atom. The molecular weight excluding hydrogens is 470 g/mol. The number of carbonyl (C=O) groups excluding carboxylic acids is 1. The van der Waals surface area contributed by atoms with E-state index in [1.165, 1.54) is 12.1 Å². The molecule has 0 bridgehead atoms. The second-order valence-electron chi connectivity index (χ2n) is 11.3. The number of rotatable bonds is 3. The van der Waals surface area contributed by atoms with Crippen LogP contribution >= 0.6 is 11.6 Å². The van der Waals surface area contributed by atoms with Gasteiger partial charge in [0.05, 0.1) is 11.5 Å². The highest BCUT2D eigenvalue weighted by atomic mass is 35.5. The van der Waals surface area contributed by atoms with Crippen LogP contribution in [0.3, 0.4) is 0 Å². The first kappa shape index (κ1) is 26.1. The number of likely N-dealkylation sites (tertiary alicyclic amines) is 2. The first-order chi connectivity index (χ1) is 16.3. The van der Waals surface area contributed by atoms with E-state index in [0.29, 0.717) is 36.8 Å². The fraction of sp³-hybridized carbons (Fsp3) is 0.536. The predicted octanol–water partition coefficient (Wildman–Crippen LogP) is 5.43. The van der Waals surface area contributed by atoms with Crippen LogP contribution in [0.25, 0.3) is 0 Å². The largest absolute Gasteiger partial charge is 0.384 e. The standard InChI is InChI=1S/C28H35ClF2N2O2/c1-17-13-32(14-18(2)28(17,35)19-6-8-20(29)9-7-19)26(34)24-16-33(27(3,4)5)15-23(24)22-11-10-21(30)12-25(22)31/h6-12,17-18,23-24,35H,13-16H2,1-5H3/t17-,18?,23+,24-,28?/m1/s1. The Morgan fingerprint density at radius 3 is 2.14 bits per heavy atom. The van der Waals surface area contributed by atoms with Gasteiger partial charge in [-0.05, 0) is 50.1 Å². The first-order valence-electron chi connectivity index (χ1n) is 12.3. The van der Waals surface area contributed by atoms with Gasteiger partial charge in [0, 0.05) is 60.6 Å². The summed E-state index contributed by atoms with van der Waals surface area (Å²) in [6.45, 7) is 12.0. The number of amides is 1. The monoisotopic (exact) mass is 504 g/mol. The molecule has 5 atom stereocenters. The highest BCUT2D eigenvalue weighted by molar-refractivity contribution is 6.30. The zero-order valence-corrected chi connectivity index (χ0v) is 21.8. The molecule has 35 heavy (non-hydrogen) atoms. The molecule has 2 aliphatic heterocycles. The Bertz CT molecular complexity index is 1070.